The highest BCUT2D eigenvalue weighted by Crippen LogP contribution is 2.38. The number of nitrogens with one attached hydrogen (secondary N) is 8. The molecule has 0 aliphatic carbocycles. The molecule has 12 rings (SSSR count). The van der Waals surface area contributed by atoms with Crippen LogP contribution < -0.4 is 53.0 Å². The van der Waals surface area contributed by atoms with Crippen molar-refractivity contribution in [2.24, 2.45) is 11.7 Å². The fourth-order valence-corrected chi connectivity index (χ4v) is 12.2. The molecule has 0 aromatic heterocycles. The zero-order valence-electron chi connectivity index (χ0n) is 61.4. The minimum Gasteiger partial charge on any atom is -0.504 e. The van der Waals surface area contributed by atoms with Crippen molar-refractivity contribution < 1.29 is 102 Å². The number of hydrogen-bond acceptors (Lipinski definition) is 26. The van der Waals surface area contributed by atoms with E-state index in [0.29, 0.717) is 124 Å². The Hall–Kier alpha value is -8.87. The number of amides is 7. The fraction of sp³-hybridized carbons (Fsp3) is 0.575. The van der Waals surface area contributed by atoms with Gasteiger partial charge in [0.05, 0.1) is 106 Å². The topological polar surface area (TPSA) is 458 Å². The SMILES string of the molecule is COCCOCCOCCCC1CCCNC(=O)c2ccc(c(O)c2OC)C(=O)NCCN(CCN2CCNC(=O)c3ccc(c(O)c3O)C(=O)NCCN(CCOCCOCCOC)CCNC(=O)c3ccc(c(O)c3O)C(C)NCC2)CC(CCCCN)NC(=O)c2ccc(c(O)c2O)C(=O)NCC1. The number of carbonyl (C=O) groups is 7. The molecule has 4 aromatic carbocycles. The molecule has 3 unspecified atom stereocenters. The fourth-order valence-electron chi connectivity index (χ4n) is 12.2. The van der Waals surface area contributed by atoms with E-state index in [1.54, 1.807) is 21.1 Å². The first kappa shape index (κ1) is 86.1. The Morgan fingerprint density at radius 2 is 0.811 bits per heavy atom. The van der Waals surface area contributed by atoms with Crippen LogP contribution in [0.3, 0.4) is 0 Å². The number of phenolic OH excluding ortho intramolecular Hbond substituents is 7. The highest BCUT2D eigenvalue weighted by atomic mass is 16.5. The van der Waals surface area contributed by atoms with Gasteiger partial charge < -0.3 is 117 Å². The molecule has 106 heavy (non-hydrogen) atoms. The quantitative estimate of drug-likeness (QED) is 0.0299. The number of nitrogens with zero attached hydrogens (tertiary/aromatic N) is 3. The number of ether oxygens (including phenoxy) is 7. The summed E-state index contributed by atoms with van der Waals surface area (Å²) in [5.74, 6) is -10.1. The third-order valence-electron chi connectivity index (χ3n) is 18.3. The lowest BCUT2D eigenvalue weighted by Gasteiger charge is -2.31. The van der Waals surface area contributed by atoms with E-state index in [2.05, 4.69) is 42.5 Å². The van der Waals surface area contributed by atoms with E-state index in [-0.39, 0.29) is 161 Å². The molecule has 8 aliphatic rings. The minimum atomic E-state index is -0.831. The predicted molar refractivity (Wildman–Crippen MR) is 391 cm³/mol. The van der Waals surface area contributed by atoms with E-state index in [1.807, 2.05) is 14.7 Å². The number of phenols is 7. The van der Waals surface area contributed by atoms with Gasteiger partial charge in [-0.2, -0.15) is 0 Å². The van der Waals surface area contributed by atoms with E-state index >= 15 is 0 Å². The molecule has 33 nitrogen and oxygen atoms in total. The number of carbonyl (C=O) groups excluding carboxylic acids is 7. The molecule has 3 atom stereocenters. The van der Waals surface area contributed by atoms with Crippen LogP contribution in [0.1, 0.15) is 142 Å². The lowest BCUT2D eigenvalue weighted by atomic mass is 9.94. The van der Waals surface area contributed by atoms with Gasteiger partial charge in [0, 0.05) is 143 Å². The summed E-state index contributed by atoms with van der Waals surface area (Å²) < 4.78 is 38.0. The predicted octanol–water partition coefficient (Wildman–Crippen LogP) is 1.85. The summed E-state index contributed by atoms with van der Waals surface area (Å²) >= 11 is 0. The summed E-state index contributed by atoms with van der Waals surface area (Å²) in [4.78, 5) is 103. The Bertz CT molecular complexity index is 3460. The average Bonchev–Trinajstić information content (AvgIpc) is 0.827. The summed E-state index contributed by atoms with van der Waals surface area (Å²) in [7, 11) is 4.42. The highest BCUT2D eigenvalue weighted by molar-refractivity contribution is 6.05. The maximum atomic E-state index is 14.4. The summed E-state index contributed by atoms with van der Waals surface area (Å²) in [5, 5.41) is 103. The zero-order chi connectivity index (χ0) is 76.8. The minimum absolute atomic E-state index is 0.0175. The summed E-state index contributed by atoms with van der Waals surface area (Å²) in [6, 6.07) is 9.25. The van der Waals surface area contributed by atoms with E-state index < -0.39 is 93.7 Å². The van der Waals surface area contributed by atoms with Crippen LogP contribution >= 0.6 is 0 Å². The molecule has 0 fully saturated rings. The van der Waals surface area contributed by atoms with E-state index in [4.69, 9.17) is 38.9 Å². The van der Waals surface area contributed by atoms with Crippen molar-refractivity contribution in [2.45, 2.75) is 70.4 Å². The molecule has 0 radical (unpaired) electrons. The van der Waals surface area contributed by atoms with Gasteiger partial charge in [0.1, 0.15) is 0 Å². The molecule has 4 aromatic rings. The molecular weight excluding hydrogens is 1380 g/mol. The van der Waals surface area contributed by atoms with Crippen molar-refractivity contribution in [1.82, 2.24) is 57.2 Å². The molecule has 0 saturated heterocycles. The van der Waals surface area contributed by atoms with Gasteiger partial charge in [0.25, 0.3) is 41.4 Å². The normalized spacial score (nSPS) is 18.5. The van der Waals surface area contributed by atoms with Crippen LogP contribution in [0.5, 0.6) is 46.0 Å². The van der Waals surface area contributed by atoms with Crippen LogP contribution in [0.2, 0.25) is 0 Å². The molecule has 588 valence electrons. The number of unbranched alkanes of at least 4 members (excludes halogenated alkanes) is 1. The first-order valence-electron chi connectivity index (χ1n) is 36.2. The Kier molecular flexibility index (Phi) is 38.1. The molecular formula is C73H110N12O21. The molecule has 33 heteroatoms. The molecule has 8 aliphatic heterocycles. The molecule has 17 N–H and O–H groups in total. The summed E-state index contributed by atoms with van der Waals surface area (Å²) in [6.07, 6.45) is 4.49. The van der Waals surface area contributed by atoms with Gasteiger partial charge in [0.2, 0.25) is 0 Å². The molecule has 8 heterocycles. The lowest BCUT2D eigenvalue weighted by molar-refractivity contribution is 0.0196. The van der Waals surface area contributed by atoms with Crippen LogP contribution in [-0.2, 0) is 28.4 Å². The molecule has 8 bridgehead atoms. The average molecular weight is 1490 g/mol. The van der Waals surface area contributed by atoms with E-state index in [0.717, 1.165) is 0 Å². The van der Waals surface area contributed by atoms with Crippen LogP contribution in [-0.4, -0.2) is 296 Å². The summed E-state index contributed by atoms with van der Waals surface area (Å²) in [6.45, 7) is 8.57. The van der Waals surface area contributed by atoms with Crippen LogP contribution in [0.15, 0.2) is 48.5 Å². The monoisotopic (exact) mass is 1490 g/mol. The summed E-state index contributed by atoms with van der Waals surface area (Å²) in [5.41, 5.74) is 4.64. The van der Waals surface area contributed by atoms with Gasteiger partial charge in [-0.1, -0.05) is 12.5 Å². The highest BCUT2D eigenvalue weighted by Gasteiger charge is 2.29. The number of hydrogen-bond donors (Lipinski definition) is 16. The number of benzene rings is 4. The smallest absolute Gasteiger partial charge is 0.255 e. The van der Waals surface area contributed by atoms with Gasteiger partial charge in [-0.15, -0.1) is 0 Å². The van der Waals surface area contributed by atoms with Crippen LogP contribution in [0.4, 0.5) is 0 Å². The molecule has 0 spiro atoms. The van der Waals surface area contributed by atoms with Gasteiger partial charge in [-0.05, 0) is 107 Å². The second kappa shape index (κ2) is 46.9. The second-order valence-corrected chi connectivity index (χ2v) is 25.7. The van der Waals surface area contributed by atoms with Crippen LogP contribution in [0, 0.1) is 5.92 Å². The Labute approximate surface area is 618 Å². The second-order valence-electron chi connectivity index (χ2n) is 25.7. The molecule has 7 amide bonds. The van der Waals surface area contributed by atoms with Crippen molar-refractivity contribution in [3.8, 4) is 46.0 Å². The Balaban J connectivity index is 1.25. The third-order valence-corrected chi connectivity index (χ3v) is 18.3. The first-order chi connectivity index (χ1) is 51.2. The van der Waals surface area contributed by atoms with E-state index in [1.165, 1.54) is 55.6 Å². The third kappa shape index (κ3) is 27.5. The first-order valence-corrected chi connectivity index (χ1v) is 36.2. The maximum absolute atomic E-state index is 14.4. The molecule has 0 saturated carbocycles. The zero-order valence-corrected chi connectivity index (χ0v) is 61.4. The van der Waals surface area contributed by atoms with Gasteiger partial charge in [0.15, 0.2) is 46.0 Å². The van der Waals surface area contributed by atoms with Crippen molar-refractivity contribution in [2.75, 3.05) is 199 Å². The van der Waals surface area contributed by atoms with Gasteiger partial charge in [-0.25, -0.2) is 0 Å². The Morgan fingerprint density at radius 3 is 1.33 bits per heavy atom. The van der Waals surface area contributed by atoms with Gasteiger partial charge >= 0.3 is 0 Å². The van der Waals surface area contributed by atoms with Crippen molar-refractivity contribution >= 4 is 41.4 Å². The number of aromatic hydroxyl groups is 7. The largest absolute Gasteiger partial charge is 0.504 e. The van der Waals surface area contributed by atoms with E-state index in [9.17, 15) is 69.3 Å². The lowest BCUT2D eigenvalue weighted by Crippen LogP contribution is -2.49. The van der Waals surface area contributed by atoms with Crippen LogP contribution in [0.25, 0.3) is 0 Å². The number of methoxy groups -OCH3 is 3. The van der Waals surface area contributed by atoms with Gasteiger partial charge in [-0.3, -0.25) is 48.3 Å². The van der Waals surface area contributed by atoms with Crippen molar-refractivity contribution in [1.29, 1.82) is 0 Å². The number of nitrogens with two attached hydrogens (primary N) is 1. The standard InChI is InChI=1S/C73H110N12O21/c1-48-51-12-13-52(60(87)59(51)86)68(94)79-26-31-84(36-38-104-44-46-106-42-40-101-3)32-27-80-70(96)55-15-14-54(61(88)62(55)89)69(95)78-25-30-83(29-24-75-48)34-35-85-33-28-81-71(97)57-18-19-58(66(102-4)65(57)92)72(98)76-22-7-9-49(10-8-37-103-43-45-105-41-39-100-2)20-23-77-67(93)53-16-17-56(64(91)63(53)90)73(99)82-50(47-85)11-5-6-21-74/h12-19,48-50,75,86-92H,5-11,20-47,74H2,1-4H3,(H,76,98)(H,77,93)(H,78,95)(H,79,94)(H,80,96)(H,81,97)(H,82,99). The van der Waals surface area contributed by atoms with Crippen molar-refractivity contribution in [3.05, 3.63) is 93.0 Å². The van der Waals surface area contributed by atoms with Crippen molar-refractivity contribution in [3.63, 3.8) is 0 Å². The number of rotatable bonds is 27. The maximum Gasteiger partial charge on any atom is 0.255 e. The Morgan fingerprint density at radius 1 is 0.406 bits per heavy atom.